The van der Waals surface area contributed by atoms with E-state index in [0.717, 1.165) is 5.69 Å². The van der Waals surface area contributed by atoms with Crippen molar-refractivity contribution in [2.75, 3.05) is 5.32 Å². The SMILES string of the molecule is O=C(Nc1cnc(-c2ccccn2)cn1)c1ccccc1. The third-order valence-electron chi connectivity index (χ3n) is 2.86. The quantitative estimate of drug-likeness (QED) is 0.798. The topological polar surface area (TPSA) is 67.8 Å². The van der Waals surface area contributed by atoms with Gasteiger partial charge in [0.15, 0.2) is 5.82 Å². The van der Waals surface area contributed by atoms with Crippen LogP contribution < -0.4 is 5.32 Å². The molecule has 0 saturated heterocycles. The van der Waals surface area contributed by atoms with Crippen molar-refractivity contribution in [3.05, 3.63) is 72.7 Å². The van der Waals surface area contributed by atoms with Gasteiger partial charge in [-0.15, -0.1) is 0 Å². The van der Waals surface area contributed by atoms with E-state index < -0.39 is 0 Å². The molecule has 0 aliphatic carbocycles. The Labute approximate surface area is 121 Å². The monoisotopic (exact) mass is 276 g/mol. The van der Waals surface area contributed by atoms with Crippen LogP contribution in [0.15, 0.2) is 67.1 Å². The predicted octanol–water partition coefficient (Wildman–Crippen LogP) is 2.79. The van der Waals surface area contributed by atoms with Crippen molar-refractivity contribution in [2.45, 2.75) is 0 Å². The maximum absolute atomic E-state index is 12.0. The van der Waals surface area contributed by atoms with Crippen LogP contribution in [-0.4, -0.2) is 20.9 Å². The van der Waals surface area contributed by atoms with Crippen LogP contribution in [0, 0.1) is 0 Å². The van der Waals surface area contributed by atoms with Gasteiger partial charge in [-0.1, -0.05) is 24.3 Å². The fraction of sp³-hybridized carbons (Fsp3) is 0. The molecule has 0 unspecified atom stereocenters. The molecule has 5 heteroatoms. The van der Waals surface area contributed by atoms with Gasteiger partial charge in [-0.3, -0.25) is 9.78 Å². The summed E-state index contributed by atoms with van der Waals surface area (Å²) in [6, 6.07) is 14.5. The van der Waals surface area contributed by atoms with Crippen LogP contribution in [0.1, 0.15) is 10.4 Å². The first-order chi connectivity index (χ1) is 10.3. The summed E-state index contributed by atoms with van der Waals surface area (Å²) in [6.07, 6.45) is 4.80. The van der Waals surface area contributed by atoms with Gasteiger partial charge in [0, 0.05) is 11.8 Å². The Bertz CT molecular complexity index is 727. The second-order valence-electron chi connectivity index (χ2n) is 4.32. The minimum absolute atomic E-state index is 0.213. The summed E-state index contributed by atoms with van der Waals surface area (Å²) in [6.45, 7) is 0. The molecule has 3 rings (SSSR count). The van der Waals surface area contributed by atoms with Crippen molar-refractivity contribution < 1.29 is 4.79 Å². The van der Waals surface area contributed by atoms with Crippen molar-refractivity contribution in [1.82, 2.24) is 15.0 Å². The smallest absolute Gasteiger partial charge is 0.256 e. The Kier molecular flexibility index (Phi) is 3.64. The molecule has 0 fully saturated rings. The fourth-order valence-corrected chi connectivity index (χ4v) is 1.82. The number of hydrogen-bond acceptors (Lipinski definition) is 4. The van der Waals surface area contributed by atoms with Crippen molar-refractivity contribution in [2.24, 2.45) is 0 Å². The van der Waals surface area contributed by atoms with E-state index in [4.69, 9.17) is 0 Å². The lowest BCUT2D eigenvalue weighted by molar-refractivity contribution is 0.102. The molecule has 1 aromatic carbocycles. The van der Waals surface area contributed by atoms with E-state index in [1.807, 2.05) is 36.4 Å². The molecule has 0 bridgehead atoms. The number of rotatable bonds is 3. The Morgan fingerprint density at radius 2 is 1.62 bits per heavy atom. The van der Waals surface area contributed by atoms with E-state index in [1.54, 1.807) is 24.5 Å². The largest absolute Gasteiger partial charge is 0.305 e. The van der Waals surface area contributed by atoms with Gasteiger partial charge >= 0.3 is 0 Å². The highest BCUT2D eigenvalue weighted by molar-refractivity contribution is 6.03. The van der Waals surface area contributed by atoms with Gasteiger partial charge in [-0.2, -0.15) is 0 Å². The number of carbonyl (C=O) groups is 1. The zero-order valence-corrected chi connectivity index (χ0v) is 11.1. The van der Waals surface area contributed by atoms with Crippen molar-refractivity contribution in [1.29, 1.82) is 0 Å². The highest BCUT2D eigenvalue weighted by Gasteiger charge is 2.07. The number of benzene rings is 1. The molecule has 1 N–H and O–H groups in total. The second kappa shape index (κ2) is 5.92. The lowest BCUT2D eigenvalue weighted by Crippen LogP contribution is -2.13. The highest BCUT2D eigenvalue weighted by Crippen LogP contribution is 2.13. The van der Waals surface area contributed by atoms with E-state index in [9.17, 15) is 4.79 Å². The zero-order chi connectivity index (χ0) is 14.5. The Morgan fingerprint density at radius 1 is 0.810 bits per heavy atom. The van der Waals surface area contributed by atoms with Gasteiger partial charge in [0.05, 0.1) is 18.1 Å². The normalized spacial score (nSPS) is 10.1. The Balaban J connectivity index is 1.75. The van der Waals surface area contributed by atoms with Crippen LogP contribution >= 0.6 is 0 Å². The van der Waals surface area contributed by atoms with Crippen LogP contribution in [0.4, 0.5) is 5.82 Å². The molecule has 0 aliphatic rings. The molecule has 1 amide bonds. The van der Waals surface area contributed by atoms with Crippen molar-refractivity contribution in [3.8, 4) is 11.4 Å². The van der Waals surface area contributed by atoms with E-state index in [2.05, 4.69) is 20.3 Å². The molecule has 0 aliphatic heterocycles. The molecule has 2 aromatic heterocycles. The molecule has 0 spiro atoms. The maximum atomic E-state index is 12.0. The van der Waals surface area contributed by atoms with E-state index in [-0.39, 0.29) is 5.91 Å². The van der Waals surface area contributed by atoms with Gasteiger partial charge in [0.1, 0.15) is 5.69 Å². The van der Waals surface area contributed by atoms with Gasteiger partial charge in [0.25, 0.3) is 5.91 Å². The first kappa shape index (κ1) is 12.9. The van der Waals surface area contributed by atoms with Gasteiger partial charge in [-0.25, -0.2) is 9.97 Å². The van der Waals surface area contributed by atoms with Crippen molar-refractivity contribution in [3.63, 3.8) is 0 Å². The van der Waals surface area contributed by atoms with E-state index in [0.29, 0.717) is 17.1 Å². The molecule has 2 heterocycles. The number of aromatic nitrogens is 3. The van der Waals surface area contributed by atoms with Crippen LogP contribution in [0.5, 0.6) is 0 Å². The summed E-state index contributed by atoms with van der Waals surface area (Å²) in [5, 5.41) is 2.70. The van der Waals surface area contributed by atoms with E-state index >= 15 is 0 Å². The molecule has 5 nitrogen and oxygen atoms in total. The van der Waals surface area contributed by atoms with E-state index in [1.165, 1.54) is 6.20 Å². The summed E-state index contributed by atoms with van der Waals surface area (Å²) in [5.41, 5.74) is 1.98. The minimum Gasteiger partial charge on any atom is -0.305 e. The molecule has 102 valence electrons. The number of hydrogen-bond donors (Lipinski definition) is 1. The summed E-state index contributed by atoms with van der Waals surface area (Å²) >= 11 is 0. The van der Waals surface area contributed by atoms with Gasteiger partial charge in [-0.05, 0) is 24.3 Å². The molecule has 0 radical (unpaired) electrons. The number of carbonyl (C=O) groups excluding carboxylic acids is 1. The van der Waals surface area contributed by atoms with Gasteiger partial charge < -0.3 is 5.32 Å². The molecular weight excluding hydrogens is 264 g/mol. The Morgan fingerprint density at radius 3 is 2.29 bits per heavy atom. The van der Waals surface area contributed by atoms with Crippen LogP contribution in [0.3, 0.4) is 0 Å². The highest BCUT2D eigenvalue weighted by atomic mass is 16.1. The standard InChI is InChI=1S/C16H12N4O/c21-16(12-6-2-1-3-7-12)20-15-11-18-14(10-19-15)13-8-4-5-9-17-13/h1-11H,(H,19,20,21). The first-order valence-corrected chi connectivity index (χ1v) is 6.43. The van der Waals surface area contributed by atoms with Crippen molar-refractivity contribution >= 4 is 11.7 Å². The number of anilines is 1. The summed E-state index contributed by atoms with van der Waals surface area (Å²) in [4.78, 5) is 24.6. The third kappa shape index (κ3) is 3.09. The number of nitrogens with zero attached hydrogens (tertiary/aromatic N) is 3. The Hall–Kier alpha value is -3.08. The molecule has 0 atom stereocenters. The third-order valence-corrected chi connectivity index (χ3v) is 2.86. The molecule has 21 heavy (non-hydrogen) atoms. The maximum Gasteiger partial charge on any atom is 0.256 e. The first-order valence-electron chi connectivity index (χ1n) is 6.43. The lowest BCUT2D eigenvalue weighted by atomic mass is 10.2. The molecule has 3 aromatic rings. The van der Waals surface area contributed by atoms with Crippen LogP contribution in [0.25, 0.3) is 11.4 Å². The number of nitrogens with one attached hydrogen (secondary N) is 1. The second-order valence-corrected chi connectivity index (χ2v) is 4.32. The summed E-state index contributed by atoms with van der Waals surface area (Å²) in [5.74, 6) is 0.194. The average Bonchev–Trinajstić information content (AvgIpc) is 2.57. The molecular formula is C16H12N4O. The summed E-state index contributed by atoms with van der Waals surface area (Å²) < 4.78 is 0. The predicted molar refractivity (Wildman–Crippen MR) is 79.7 cm³/mol. The lowest BCUT2D eigenvalue weighted by Gasteiger charge is -2.04. The summed E-state index contributed by atoms with van der Waals surface area (Å²) in [7, 11) is 0. The minimum atomic E-state index is -0.213. The number of amides is 1. The number of pyridine rings is 1. The van der Waals surface area contributed by atoms with Crippen LogP contribution in [0.2, 0.25) is 0 Å². The van der Waals surface area contributed by atoms with Crippen LogP contribution in [-0.2, 0) is 0 Å². The fourth-order valence-electron chi connectivity index (χ4n) is 1.82. The van der Waals surface area contributed by atoms with Gasteiger partial charge in [0.2, 0.25) is 0 Å². The zero-order valence-electron chi connectivity index (χ0n) is 11.1. The average molecular weight is 276 g/mol. The molecule has 0 saturated carbocycles.